The van der Waals surface area contributed by atoms with E-state index in [-0.39, 0.29) is 5.91 Å². The highest BCUT2D eigenvalue weighted by Gasteiger charge is 2.31. The number of hydrogen-bond acceptors (Lipinski definition) is 6. The van der Waals surface area contributed by atoms with Crippen LogP contribution in [0.15, 0.2) is 89.6 Å². The van der Waals surface area contributed by atoms with Crippen molar-refractivity contribution in [1.29, 1.82) is 0 Å². The van der Waals surface area contributed by atoms with Crippen LogP contribution in [-0.4, -0.2) is 87.1 Å². The van der Waals surface area contributed by atoms with E-state index in [9.17, 15) is 4.79 Å². The number of nitrogens with one attached hydrogen (secondary N) is 1. The van der Waals surface area contributed by atoms with Crippen molar-refractivity contribution in [2.45, 2.75) is 0 Å². The number of ether oxygens (including phenoxy) is 1. The Morgan fingerprint density at radius 3 is 2.15 bits per heavy atom. The molecule has 2 saturated heterocycles. The molecule has 41 heavy (non-hydrogen) atoms. The van der Waals surface area contributed by atoms with Gasteiger partial charge in [-0.2, -0.15) is 0 Å². The maximum absolute atomic E-state index is 13.5. The number of aliphatic imine (C=N–C) groups is 1. The van der Waals surface area contributed by atoms with Crippen LogP contribution in [0.5, 0.6) is 0 Å². The van der Waals surface area contributed by atoms with Crippen molar-refractivity contribution in [1.82, 2.24) is 15.1 Å². The van der Waals surface area contributed by atoms with Crippen LogP contribution in [0.2, 0.25) is 0 Å². The van der Waals surface area contributed by atoms with Crippen LogP contribution in [0.4, 0.5) is 5.69 Å². The molecule has 7 heteroatoms. The van der Waals surface area contributed by atoms with Crippen molar-refractivity contribution in [3.05, 3.63) is 107 Å². The lowest BCUT2D eigenvalue weighted by Crippen LogP contribution is -2.43. The summed E-state index contributed by atoms with van der Waals surface area (Å²) >= 11 is 0. The van der Waals surface area contributed by atoms with Crippen molar-refractivity contribution >= 4 is 23.5 Å². The van der Waals surface area contributed by atoms with Crippen LogP contribution in [0, 0.1) is 11.8 Å². The fourth-order valence-electron chi connectivity index (χ4n) is 5.28. The molecule has 0 unspecified atom stereocenters. The van der Waals surface area contributed by atoms with Gasteiger partial charge in [-0.05, 0) is 48.0 Å². The van der Waals surface area contributed by atoms with Gasteiger partial charge in [-0.15, -0.1) is 0 Å². The number of rotatable bonds is 6. The van der Waals surface area contributed by atoms with E-state index in [1.54, 1.807) is 0 Å². The highest BCUT2D eigenvalue weighted by Crippen LogP contribution is 2.22. The third-order valence-electron chi connectivity index (χ3n) is 7.64. The first-order valence-electron chi connectivity index (χ1n) is 14.4. The molecule has 0 aliphatic carbocycles. The second-order valence-electron chi connectivity index (χ2n) is 10.4. The monoisotopic (exact) mass is 545 g/mol. The molecule has 0 bridgehead atoms. The molecule has 0 aromatic heterocycles. The number of piperazine rings is 1. The molecule has 2 fully saturated rings. The molecular formula is C34H35N5O2. The second-order valence-corrected chi connectivity index (χ2v) is 10.4. The minimum absolute atomic E-state index is 0.0646. The third-order valence-corrected chi connectivity index (χ3v) is 7.64. The molecule has 0 spiro atoms. The molecular weight excluding hydrogens is 510 g/mol. The molecule has 1 amide bonds. The molecule has 7 nitrogen and oxygen atoms in total. The van der Waals surface area contributed by atoms with Gasteiger partial charge in [-0.1, -0.05) is 54.3 Å². The third kappa shape index (κ3) is 6.75. The summed E-state index contributed by atoms with van der Waals surface area (Å²) in [7, 11) is 0. The smallest absolute Gasteiger partial charge is 0.278 e. The summed E-state index contributed by atoms with van der Waals surface area (Å²) in [6, 6.07) is 26.4. The normalized spacial score (nSPS) is 18.8. The molecule has 1 N–H and O–H groups in total. The standard InChI is InChI=1S/C34H35N5O2/c40-34-32(36-33(30-4-2-1-3-5-30)39(34)21-20-37-22-24-41-25-23-37)26-29-10-8-27(9-11-29)6-7-28-12-14-31(15-13-28)38-18-16-35-17-19-38/h1-5,8-15,26,35H,16-25H2/b32-26-. The Hall–Kier alpha value is -4.22. The summed E-state index contributed by atoms with van der Waals surface area (Å²) in [6.07, 6.45) is 1.87. The molecule has 0 radical (unpaired) electrons. The van der Waals surface area contributed by atoms with Crippen molar-refractivity contribution < 1.29 is 9.53 Å². The minimum atomic E-state index is -0.0646. The first kappa shape index (κ1) is 27.0. The number of carbonyl (C=O) groups is 1. The van der Waals surface area contributed by atoms with E-state index in [1.165, 1.54) is 5.69 Å². The maximum Gasteiger partial charge on any atom is 0.278 e. The number of nitrogens with zero attached hydrogens (tertiary/aromatic N) is 4. The van der Waals surface area contributed by atoms with Crippen molar-refractivity contribution in [2.24, 2.45) is 4.99 Å². The van der Waals surface area contributed by atoms with Gasteiger partial charge in [0.15, 0.2) is 0 Å². The van der Waals surface area contributed by atoms with Crippen LogP contribution < -0.4 is 10.2 Å². The zero-order valence-electron chi connectivity index (χ0n) is 23.3. The van der Waals surface area contributed by atoms with Gasteiger partial charge in [-0.3, -0.25) is 14.6 Å². The number of amides is 1. The van der Waals surface area contributed by atoms with Gasteiger partial charge >= 0.3 is 0 Å². The van der Waals surface area contributed by atoms with E-state index in [0.717, 1.165) is 81.3 Å². The summed E-state index contributed by atoms with van der Waals surface area (Å²) in [5, 5.41) is 3.39. The molecule has 6 rings (SSSR count). The molecule has 0 saturated carbocycles. The topological polar surface area (TPSA) is 60.4 Å². The first-order valence-corrected chi connectivity index (χ1v) is 14.4. The van der Waals surface area contributed by atoms with Gasteiger partial charge in [-0.25, -0.2) is 4.99 Å². The molecule has 3 aromatic carbocycles. The first-order chi connectivity index (χ1) is 20.2. The Labute approximate surface area is 242 Å². The Balaban J connectivity index is 1.15. The van der Waals surface area contributed by atoms with Crippen LogP contribution in [0.3, 0.4) is 0 Å². The van der Waals surface area contributed by atoms with E-state index in [2.05, 4.69) is 51.2 Å². The average molecular weight is 546 g/mol. The quantitative estimate of drug-likeness (QED) is 0.380. The van der Waals surface area contributed by atoms with E-state index in [4.69, 9.17) is 9.73 Å². The Kier molecular flexibility index (Phi) is 8.53. The lowest BCUT2D eigenvalue weighted by molar-refractivity contribution is -0.122. The Bertz CT molecular complexity index is 1460. The van der Waals surface area contributed by atoms with Crippen LogP contribution in [0.1, 0.15) is 22.3 Å². The van der Waals surface area contributed by atoms with Gasteiger partial charge in [0.1, 0.15) is 11.5 Å². The molecule has 3 aliphatic rings. The summed E-state index contributed by atoms with van der Waals surface area (Å²) in [4.78, 5) is 24.8. The summed E-state index contributed by atoms with van der Waals surface area (Å²) in [5.41, 5.74) is 5.48. The van der Waals surface area contributed by atoms with E-state index < -0.39 is 0 Å². The van der Waals surface area contributed by atoms with Gasteiger partial charge in [0.05, 0.1) is 13.2 Å². The Morgan fingerprint density at radius 1 is 0.805 bits per heavy atom. The fourth-order valence-corrected chi connectivity index (χ4v) is 5.28. The van der Waals surface area contributed by atoms with Crippen molar-refractivity contribution in [3.63, 3.8) is 0 Å². The number of carbonyl (C=O) groups excluding carboxylic acids is 1. The van der Waals surface area contributed by atoms with Gasteiger partial charge in [0, 0.05) is 74.7 Å². The number of anilines is 1. The van der Waals surface area contributed by atoms with E-state index in [1.807, 2.05) is 65.6 Å². The van der Waals surface area contributed by atoms with Crippen molar-refractivity contribution in [3.8, 4) is 11.8 Å². The predicted octanol–water partition coefficient (Wildman–Crippen LogP) is 3.46. The van der Waals surface area contributed by atoms with Crippen molar-refractivity contribution in [2.75, 3.05) is 70.5 Å². The number of amidine groups is 1. The number of benzene rings is 3. The zero-order valence-corrected chi connectivity index (χ0v) is 23.3. The highest BCUT2D eigenvalue weighted by atomic mass is 16.5. The molecule has 3 heterocycles. The zero-order chi connectivity index (χ0) is 27.9. The lowest BCUT2D eigenvalue weighted by atomic mass is 10.1. The van der Waals surface area contributed by atoms with Crippen LogP contribution in [-0.2, 0) is 9.53 Å². The second kappa shape index (κ2) is 13.0. The molecule has 3 aromatic rings. The van der Waals surface area contributed by atoms with Crippen LogP contribution >= 0.6 is 0 Å². The van der Waals surface area contributed by atoms with E-state index >= 15 is 0 Å². The largest absolute Gasteiger partial charge is 0.379 e. The molecule has 0 atom stereocenters. The Morgan fingerprint density at radius 2 is 1.46 bits per heavy atom. The lowest BCUT2D eigenvalue weighted by Gasteiger charge is -2.29. The minimum Gasteiger partial charge on any atom is -0.379 e. The summed E-state index contributed by atoms with van der Waals surface area (Å²) in [6.45, 7) is 8.75. The van der Waals surface area contributed by atoms with Gasteiger partial charge in [0.2, 0.25) is 0 Å². The molecule has 3 aliphatic heterocycles. The molecule has 208 valence electrons. The van der Waals surface area contributed by atoms with Gasteiger partial charge in [0.25, 0.3) is 5.91 Å². The SMILES string of the molecule is O=C1/C(=C/c2ccc(C#Cc3ccc(N4CCNCC4)cc3)cc2)N=C(c2ccccc2)N1CCN1CCOCC1. The average Bonchev–Trinajstić information content (AvgIpc) is 3.35. The van der Waals surface area contributed by atoms with Gasteiger partial charge < -0.3 is 15.0 Å². The summed E-state index contributed by atoms with van der Waals surface area (Å²) in [5.74, 6) is 7.18. The number of hydrogen-bond donors (Lipinski definition) is 1. The predicted molar refractivity (Wildman–Crippen MR) is 164 cm³/mol. The summed E-state index contributed by atoms with van der Waals surface area (Å²) < 4.78 is 5.47. The highest BCUT2D eigenvalue weighted by molar-refractivity contribution is 6.19. The fraction of sp³-hybridized carbons (Fsp3) is 0.294. The van der Waals surface area contributed by atoms with Crippen LogP contribution in [0.25, 0.3) is 6.08 Å². The maximum atomic E-state index is 13.5. The number of morpholine rings is 1. The van der Waals surface area contributed by atoms with E-state index in [0.29, 0.717) is 18.1 Å².